The normalized spacial score (nSPS) is 31.0. The second-order valence-corrected chi connectivity index (χ2v) is 8.57. The molecule has 5 unspecified atom stereocenters. The van der Waals surface area contributed by atoms with Crippen LogP contribution in [0.15, 0.2) is 30.3 Å². The van der Waals surface area contributed by atoms with Crippen LogP contribution in [0.2, 0.25) is 0 Å². The van der Waals surface area contributed by atoms with Crippen LogP contribution in [0.4, 0.5) is 0 Å². The van der Waals surface area contributed by atoms with Gasteiger partial charge in [0, 0.05) is 32.2 Å². The summed E-state index contributed by atoms with van der Waals surface area (Å²) in [5.74, 6) is 0. The Labute approximate surface area is 194 Å². The van der Waals surface area contributed by atoms with E-state index in [0.717, 1.165) is 5.56 Å². The van der Waals surface area contributed by atoms with Gasteiger partial charge in [0.1, 0.15) is 18.3 Å². The molecule has 0 amide bonds. The Morgan fingerprint density at radius 2 is 1.84 bits per heavy atom. The molecular weight excluding hydrogens is 438 g/mol. The molecule has 0 bridgehead atoms. The fraction of sp³-hybridized carbons (Fsp3) is 0.714. The van der Waals surface area contributed by atoms with E-state index in [9.17, 15) is 20.4 Å². The number of ether oxygens (including phenoxy) is 2. The number of rotatable bonds is 12. The molecule has 1 aliphatic rings. The quantitative estimate of drug-likeness (QED) is 0.103. The molecule has 0 radical (unpaired) electrons. The molecule has 1 saturated carbocycles. The minimum atomic E-state index is -1.46. The lowest BCUT2D eigenvalue weighted by Crippen LogP contribution is -2.65. The fourth-order valence-corrected chi connectivity index (χ4v) is 4.21. The van der Waals surface area contributed by atoms with Gasteiger partial charge in [0.25, 0.3) is 0 Å². The predicted molar refractivity (Wildman–Crippen MR) is 121 cm³/mol. The Kier molecular flexibility index (Phi) is 11.3. The highest BCUT2D eigenvalue weighted by Gasteiger charge is 2.46. The molecule has 1 aliphatic carbocycles. The van der Waals surface area contributed by atoms with Crippen molar-refractivity contribution in [3.05, 3.63) is 35.9 Å². The molecule has 32 heavy (non-hydrogen) atoms. The summed E-state index contributed by atoms with van der Waals surface area (Å²) in [6.07, 6.45) is -7.18. The molecule has 0 aliphatic heterocycles. The Morgan fingerprint density at radius 1 is 1.19 bits per heavy atom. The van der Waals surface area contributed by atoms with Crippen molar-refractivity contribution in [3.8, 4) is 0 Å². The summed E-state index contributed by atoms with van der Waals surface area (Å²) in [5.41, 5.74) is 13.4. The van der Waals surface area contributed by atoms with Gasteiger partial charge in [-0.3, -0.25) is 4.18 Å². The molecule has 2 rings (SSSR count). The number of nitrogens with one attached hydrogen (secondary N) is 1. The van der Waals surface area contributed by atoms with Crippen LogP contribution >= 0.6 is 12.9 Å². The maximum atomic E-state index is 10.9. The third-order valence-electron chi connectivity index (χ3n) is 5.78. The molecule has 1 aromatic carbocycles. The lowest BCUT2D eigenvalue weighted by atomic mass is 9.83. The van der Waals surface area contributed by atoms with E-state index in [4.69, 9.17) is 25.1 Å². The van der Waals surface area contributed by atoms with Gasteiger partial charge >= 0.3 is 0 Å². The topological polar surface area (TPSA) is 173 Å². The molecule has 1 aromatic rings. The molecule has 1 fully saturated rings. The molecule has 0 spiro atoms. The monoisotopic (exact) mass is 475 g/mol. The summed E-state index contributed by atoms with van der Waals surface area (Å²) < 4.78 is 16.3. The number of hydrogen-bond donors (Lipinski definition) is 8. The van der Waals surface area contributed by atoms with Gasteiger partial charge in [-0.2, -0.15) is 0 Å². The fourth-order valence-electron chi connectivity index (χ4n) is 4.02. The zero-order valence-electron chi connectivity index (χ0n) is 18.4. The molecule has 0 aromatic heterocycles. The van der Waals surface area contributed by atoms with Crippen LogP contribution in [-0.4, -0.2) is 88.6 Å². The summed E-state index contributed by atoms with van der Waals surface area (Å²) >= 11 is 3.77. The first-order valence-corrected chi connectivity index (χ1v) is 11.0. The van der Waals surface area contributed by atoms with Gasteiger partial charge in [-0.25, -0.2) is 0 Å². The van der Waals surface area contributed by atoms with Crippen LogP contribution in [0.1, 0.15) is 25.3 Å². The minimum Gasteiger partial charge on any atom is -0.393 e. The van der Waals surface area contributed by atoms with Gasteiger partial charge in [0.15, 0.2) is 6.29 Å². The van der Waals surface area contributed by atoms with Gasteiger partial charge in [-0.05, 0) is 31.8 Å². The largest absolute Gasteiger partial charge is 0.393 e. The van der Waals surface area contributed by atoms with Gasteiger partial charge in [-0.15, -0.1) is 0 Å². The van der Waals surface area contributed by atoms with Gasteiger partial charge in [-0.1, -0.05) is 30.3 Å². The summed E-state index contributed by atoms with van der Waals surface area (Å²) in [5, 5.41) is 44.1. The summed E-state index contributed by atoms with van der Waals surface area (Å²) in [7, 11) is 1.49. The molecule has 0 saturated heterocycles. The smallest absolute Gasteiger partial charge is 0.188 e. The number of benzene rings is 1. The third kappa shape index (κ3) is 7.34. The van der Waals surface area contributed by atoms with Crippen molar-refractivity contribution < 1.29 is 34.1 Å². The first kappa shape index (κ1) is 27.4. The highest BCUT2D eigenvalue weighted by atomic mass is 32.1. The van der Waals surface area contributed by atoms with E-state index in [0.29, 0.717) is 13.0 Å². The number of methoxy groups -OCH3 is 1. The Morgan fingerprint density at radius 3 is 2.41 bits per heavy atom. The molecule has 11 heteroatoms. The van der Waals surface area contributed by atoms with Crippen LogP contribution in [-0.2, 0) is 20.2 Å². The second-order valence-electron chi connectivity index (χ2n) is 8.36. The van der Waals surface area contributed by atoms with Gasteiger partial charge in [0.2, 0.25) is 0 Å². The number of aliphatic hydroxyl groups excluding tert-OH is 4. The standard InChI is InChI=1S/C21H37N3O7S/c1-11(25)8-15(26)17(27)16(23)21(31-32)30-19-13(22)9-14(20(29-2)18(19)28)24-10-12-6-4-3-5-7-12/h3-7,11,13-21,24-28,32H,8-10,22-23H2,1-2H3/t11?,13?,14?,15-,16+,17?,18?,19-,20-,21+/m1/s1. The average Bonchev–Trinajstić information content (AvgIpc) is 2.77. The van der Waals surface area contributed by atoms with Crippen LogP contribution < -0.4 is 16.8 Å². The highest BCUT2D eigenvalue weighted by Crippen LogP contribution is 2.27. The lowest BCUT2D eigenvalue weighted by Gasteiger charge is -2.44. The van der Waals surface area contributed by atoms with E-state index < -0.39 is 55.0 Å². The van der Waals surface area contributed by atoms with Crippen LogP contribution in [0.5, 0.6) is 0 Å². The second kappa shape index (κ2) is 13.2. The van der Waals surface area contributed by atoms with E-state index in [2.05, 4.69) is 18.2 Å². The van der Waals surface area contributed by atoms with Crippen molar-refractivity contribution in [3.63, 3.8) is 0 Å². The highest BCUT2D eigenvalue weighted by molar-refractivity contribution is 7.75. The van der Waals surface area contributed by atoms with E-state index in [1.54, 1.807) is 0 Å². The average molecular weight is 476 g/mol. The zero-order valence-corrected chi connectivity index (χ0v) is 19.3. The van der Waals surface area contributed by atoms with E-state index >= 15 is 0 Å². The van der Waals surface area contributed by atoms with E-state index in [1.165, 1.54) is 14.0 Å². The van der Waals surface area contributed by atoms with Crippen molar-refractivity contribution in [2.75, 3.05) is 7.11 Å². The van der Waals surface area contributed by atoms with Gasteiger partial charge in [0.05, 0.1) is 24.4 Å². The van der Waals surface area contributed by atoms with Crippen LogP contribution in [0.3, 0.4) is 0 Å². The zero-order chi connectivity index (χ0) is 23.8. The maximum absolute atomic E-state index is 10.9. The molecular formula is C21H37N3O7S. The Hall–Kier alpha value is -0.830. The number of nitrogens with two attached hydrogens (primary N) is 2. The maximum Gasteiger partial charge on any atom is 0.188 e. The third-order valence-corrected chi connectivity index (χ3v) is 5.99. The first-order chi connectivity index (χ1) is 15.2. The summed E-state index contributed by atoms with van der Waals surface area (Å²) in [4.78, 5) is 0. The van der Waals surface area contributed by atoms with Crippen molar-refractivity contribution in [1.82, 2.24) is 5.32 Å². The van der Waals surface area contributed by atoms with Crippen molar-refractivity contribution in [2.24, 2.45) is 11.5 Å². The van der Waals surface area contributed by atoms with E-state index in [-0.39, 0.29) is 12.5 Å². The first-order valence-electron chi connectivity index (χ1n) is 10.7. The number of hydrogen-bond acceptors (Lipinski definition) is 11. The lowest BCUT2D eigenvalue weighted by molar-refractivity contribution is -0.209. The SMILES string of the molecule is CO[C@@H]1C(NCc2ccccc2)CC(N)[C@@H](O[C@@H](OS)[C@@H](N)C(O)[C@H](O)CC(C)O)C1O. The predicted octanol–water partition coefficient (Wildman–Crippen LogP) is -1.36. The van der Waals surface area contributed by atoms with Crippen molar-refractivity contribution in [2.45, 2.75) is 87.3 Å². The molecule has 0 heterocycles. The van der Waals surface area contributed by atoms with Crippen molar-refractivity contribution in [1.29, 1.82) is 0 Å². The molecule has 184 valence electrons. The van der Waals surface area contributed by atoms with Crippen LogP contribution in [0.25, 0.3) is 0 Å². The molecule has 9 N–H and O–H groups in total. The van der Waals surface area contributed by atoms with Crippen LogP contribution in [0, 0.1) is 0 Å². The Balaban J connectivity index is 2.02. The Bertz CT molecular complexity index is 660. The minimum absolute atomic E-state index is 0.0831. The number of aliphatic hydroxyl groups is 4. The number of thiol groups is 1. The summed E-state index contributed by atoms with van der Waals surface area (Å²) in [6.45, 7) is 2.06. The van der Waals surface area contributed by atoms with E-state index in [1.807, 2.05) is 30.3 Å². The van der Waals surface area contributed by atoms with Gasteiger partial charge < -0.3 is 46.7 Å². The van der Waals surface area contributed by atoms with Crippen molar-refractivity contribution >= 4 is 12.9 Å². The molecule has 10 nitrogen and oxygen atoms in total. The summed E-state index contributed by atoms with van der Waals surface area (Å²) in [6, 6.07) is 7.79. The molecule has 10 atom stereocenters.